The van der Waals surface area contributed by atoms with Crippen molar-refractivity contribution in [2.24, 2.45) is 11.8 Å². The van der Waals surface area contributed by atoms with Crippen molar-refractivity contribution in [2.45, 2.75) is 31.5 Å². The van der Waals surface area contributed by atoms with Crippen molar-refractivity contribution in [2.75, 3.05) is 13.1 Å². The highest BCUT2D eigenvalue weighted by molar-refractivity contribution is 6.02. The lowest BCUT2D eigenvalue weighted by molar-refractivity contribution is -0.984. The van der Waals surface area contributed by atoms with Crippen molar-refractivity contribution in [3.8, 4) is 0 Å². The van der Waals surface area contributed by atoms with Crippen LogP contribution in [0.2, 0.25) is 0 Å². The minimum absolute atomic E-state index is 0. The molecule has 3 aliphatic rings. The normalized spacial score (nSPS) is 25.3. The van der Waals surface area contributed by atoms with Crippen LogP contribution in [0, 0.1) is 11.8 Å². The van der Waals surface area contributed by atoms with E-state index < -0.39 is 6.10 Å². The highest BCUT2D eigenvalue weighted by atomic mass is 35.5. The van der Waals surface area contributed by atoms with Gasteiger partial charge < -0.3 is 22.0 Å². The Bertz CT molecular complexity index is 1590. The molecule has 4 aromatic carbocycles. The Morgan fingerprint density at radius 3 is 2.29 bits per heavy atom. The number of fused-ring (bicyclic) bond motifs is 6. The molecule has 3 fully saturated rings. The Labute approximate surface area is 230 Å². The third-order valence-electron chi connectivity index (χ3n) is 9.40. The molecular weight excluding hydrogens is 488 g/mol. The zero-order valence-corrected chi connectivity index (χ0v) is 22.3. The number of aromatic nitrogens is 1. The molecule has 2 bridgehead atoms. The lowest BCUT2D eigenvalue weighted by atomic mass is 9.71. The SMILES string of the molecule is C=C[C@H]1C[N@+]2(Cc3c4ccccc4cc4ccccc34)CC[C@H]1C[C@@H]2[C@@H](O)c1ccnc2ccccc12.[Cl-]. The molecule has 8 rings (SSSR count). The van der Waals surface area contributed by atoms with Gasteiger partial charge in [-0.15, -0.1) is 6.58 Å². The number of rotatable bonds is 5. The van der Waals surface area contributed by atoms with E-state index in [0.717, 1.165) is 47.0 Å². The summed E-state index contributed by atoms with van der Waals surface area (Å²) in [4.78, 5) is 4.57. The Morgan fingerprint density at radius 2 is 1.58 bits per heavy atom. The molecule has 0 radical (unpaired) electrons. The van der Waals surface area contributed by atoms with Crippen LogP contribution in [0.3, 0.4) is 0 Å². The van der Waals surface area contributed by atoms with Crippen LogP contribution < -0.4 is 12.4 Å². The van der Waals surface area contributed by atoms with Crippen LogP contribution >= 0.6 is 0 Å². The summed E-state index contributed by atoms with van der Waals surface area (Å²) < 4.78 is 0.906. The van der Waals surface area contributed by atoms with Crippen LogP contribution in [0.5, 0.6) is 0 Å². The van der Waals surface area contributed by atoms with Gasteiger partial charge in [-0.3, -0.25) is 4.98 Å². The van der Waals surface area contributed by atoms with Gasteiger partial charge in [0.15, 0.2) is 0 Å². The molecule has 3 nitrogen and oxygen atoms in total. The van der Waals surface area contributed by atoms with Gasteiger partial charge in [-0.25, -0.2) is 0 Å². The molecule has 1 aromatic heterocycles. The van der Waals surface area contributed by atoms with E-state index in [1.807, 2.05) is 30.5 Å². The molecule has 5 atom stereocenters. The van der Waals surface area contributed by atoms with Crippen LogP contribution in [-0.2, 0) is 6.54 Å². The molecule has 3 saturated heterocycles. The average molecular weight is 521 g/mol. The van der Waals surface area contributed by atoms with Crippen LogP contribution in [0.25, 0.3) is 32.4 Å². The van der Waals surface area contributed by atoms with E-state index in [9.17, 15) is 5.11 Å². The van der Waals surface area contributed by atoms with Crippen molar-refractivity contribution in [1.82, 2.24) is 4.98 Å². The second kappa shape index (κ2) is 9.81. The molecule has 192 valence electrons. The lowest BCUT2D eigenvalue weighted by Crippen LogP contribution is -3.00. The first-order chi connectivity index (χ1) is 18.2. The summed E-state index contributed by atoms with van der Waals surface area (Å²) >= 11 is 0. The average Bonchev–Trinajstić information content (AvgIpc) is 2.96. The van der Waals surface area contributed by atoms with Gasteiger partial charge in [-0.2, -0.15) is 0 Å². The summed E-state index contributed by atoms with van der Waals surface area (Å²) in [5.74, 6) is 1.09. The fourth-order valence-electron chi connectivity index (χ4n) is 7.56. The number of pyridine rings is 1. The Kier molecular flexibility index (Phi) is 6.47. The van der Waals surface area contributed by atoms with Gasteiger partial charge in [0.2, 0.25) is 0 Å². The van der Waals surface area contributed by atoms with Gasteiger partial charge in [0.05, 0.1) is 18.6 Å². The first-order valence-electron chi connectivity index (χ1n) is 13.6. The summed E-state index contributed by atoms with van der Waals surface area (Å²) in [5, 5.41) is 18.4. The van der Waals surface area contributed by atoms with Crippen molar-refractivity contribution in [1.29, 1.82) is 0 Å². The fourth-order valence-corrected chi connectivity index (χ4v) is 7.56. The maximum atomic E-state index is 12.1. The van der Waals surface area contributed by atoms with Crippen LogP contribution in [0.15, 0.2) is 104 Å². The van der Waals surface area contributed by atoms with E-state index in [-0.39, 0.29) is 18.4 Å². The summed E-state index contributed by atoms with van der Waals surface area (Å²) in [6, 6.07) is 30.3. The minimum atomic E-state index is -0.539. The first kappa shape index (κ1) is 25.1. The number of halogens is 1. The number of hydrogen-bond acceptors (Lipinski definition) is 2. The van der Waals surface area contributed by atoms with E-state index >= 15 is 0 Å². The molecular formula is C34H33ClN2O. The lowest BCUT2D eigenvalue weighted by Gasteiger charge is -2.58. The van der Waals surface area contributed by atoms with E-state index in [2.05, 4.69) is 78.3 Å². The van der Waals surface area contributed by atoms with E-state index in [1.165, 1.54) is 33.5 Å². The highest BCUT2D eigenvalue weighted by Crippen LogP contribution is 2.49. The topological polar surface area (TPSA) is 33.1 Å². The largest absolute Gasteiger partial charge is 1.00 e. The first-order valence-corrected chi connectivity index (χ1v) is 13.6. The molecule has 4 heterocycles. The predicted octanol–water partition coefficient (Wildman–Crippen LogP) is 4.19. The van der Waals surface area contributed by atoms with Crippen LogP contribution in [0.4, 0.5) is 0 Å². The zero-order valence-electron chi connectivity index (χ0n) is 21.5. The Balaban J connectivity index is 0.00000264. The Morgan fingerprint density at radius 1 is 0.921 bits per heavy atom. The van der Waals surface area contributed by atoms with Crippen molar-refractivity contribution < 1.29 is 22.0 Å². The summed E-state index contributed by atoms with van der Waals surface area (Å²) in [5.41, 5.74) is 3.37. The van der Waals surface area contributed by atoms with Gasteiger partial charge in [0.25, 0.3) is 0 Å². The Hall–Kier alpha value is -3.24. The maximum absolute atomic E-state index is 12.1. The molecule has 0 spiro atoms. The standard InChI is InChI=1S/C34H33N2O.ClH/c1-2-23-21-36(22-31-27-11-5-3-9-25(27)19-26-10-4-6-12-28(26)31)18-16-24(23)20-33(36)34(37)30-15-17-35-32-14-8-7-13-29(30)32;/h2-15,17,19,23-24,33-34,37H,1,16,18,20-22H2;1H/q+1;/p-1/t23-,24-,33+,34-,36-;/m0./s1. The number of hydrogen-bond donors (Lipinski definition) is 1. The van der Waals surface area contributed by atoms with Crippen molar-refractivity contribution in [3.05, 3.63) is 115 Å². The van der Waals surface area contributed by atoms with Crippen LogP contribution in [-0.4, -0.2) is 33.7 Å². The number of quaternary nitrogens is 1. The number of aliphatic hydroxyl groups excluding tert-OH is 1. The molecule has 0 aliphatic carbocycles. The third-order valence-corrected chi connectivity index (χ3v) is 9.40. The van der Waals surface area contributed by atoms with Gasteiger partial charge in [-0.1, -0.05) is 72.8 Å². The summed E-state index contributed by atoms with van der Waals surface area (Å²) in [7, 11) is 0. The van der Waals surface area contributed by atoms with Gasteiger partial charge in [0.1, 0.15) is 18.7 Å². The number of para-hydroxylation sites is 1. The van der Waals surface area contributed by atoms with Crippen molar-refractivity contribution >= 4 is 32.4 Å². The number of benzene rings is 4. The molecule has 5 aromatic rings. The van der Waals surface area contributed by atoms with E-state index in [4.69, 9.17) is 0 Å². The molecule has 3 aliphatic heterocycles. The molecule has 4 heteroatoms. The molecule has 38 heavy (non-hydrogen) atoms. The fraction of sp³-hybridized carbons (Fsp3) is 0.265. The number of nitrogens with zero attached hydrogens (tertiary/aromatic N) is 2. The smallest absolute Gasteiger partial charge is 0.131 e. The van der Waals surface area contributed by atoms with Gasteiger partial charge in [-0.05, 0) is 51.2 Å². The second-order valence-electron chi connectivity index (χ2n) is 11.2. The number of aliphatic hydroxyl groups is 1. The minimum Gasteiger partial charge on any atom is -1.00 e. The summed E-state index contributed by atoms with van der Waals surface area (Å²) in [6.45, 7) is 7.28. The third kappa shape index (κ3) is 3.92. The molecule has 0 unspecified atom stereocenters. The van der Waals surface area contributed by atoms with Gasteiger partial charge >= 0.3 is 0 Å². The van der Waals surface area contributed by atoms with Crippen molar-refractivity contribution in [3.63, 3.8) is 0 Å². The molecule has 1 N–H and O–H groups in total. The van der Waals surface area contributed by atoms with Crippen LogP contribution in [0.1, 0.15) is 30.1 Å². The highest BCUT2D eigenvalue weighted by Gasteiger charge is 2.54. The monoisotopic (exact) mass is 520 g/mol. The summed E-state index contributed by atoms with van der Waals surface area (Å²) in [6.07, 6.45) is 5.72. The maximum Gasteiger partial charge on any atom is 0.131 e. The molecule has 0 saturated carbocycles. The quantitative estimate of drug-likeness (QED) is 0.214. The molecule has 0 amide bonds. The van der Waals surface area contributed by atoms with E-state index in [1.54, 1.807) is 0 Å². The van der Waals surface area contributed by atoms with E-state index in [0.29, 0.717) is 11.8 Å². The number of piperidine rings is 3. The zero-order chi connectivity index (χ0) is 25.0. The second-order valence-corrected chi connectivity index (χ2v) is 11.2. The predicted molar refractivity (Wildman–Crippen MR) is 152 cm³/mol. The van der Waals surface area contributed by atoms with Gasteiger partial charge in [0, 0.05) is 35.9 Å².